The second-order valence-electron chi connectivity index (χ2n) is 11.3. The molecule has 0 aromatic heterocycles. The molecule has 3 aliphatic rings. The van der Waals surface area contributed by atoms with Crippen LogP contribution in [0, 0.1) is 36.4 Å². The maximum Gasteiger partial charge on any atom is 0.168 e. The Hall–Kier alpha value is -1.09. The molecule has 3 unspecified atom stereocenters. The lowest BCUT2D eigenvalue weighted by atomic mass is 9.67. The summed E-state index contributed by atoms with van der Waals surface area (Å²) in [6.45, 7) is 8.81. The first-order chi connectivity index (χ1) is 16.0. The van der Waals surface area contributed by atoms with Gasteiger partial charge in [-0.1, -0.05) is 38.7 Å². The molecule has 1 aromatic carbocycles. The fraction of sp³-hybridized carbons (Fsp3) is 0.800. The molecule has 0 spiro atoms. The SMILES string of the molecule is CCCC1CCC(C2CCC(C3CCC(c4ccc(OCC)c(F)c4C)C(C)O3)CC2)CC1. The van der Waals surface area contributed by atoms with Gasteiger partial charge in [-0.05, 0) is 113 Å². The van der Waals surface area contributed by atoms with Crippen molar-refractivity contribution in [3.05, 3.63) is 29.1 Å². The summed E-state index contributed by atoms with van der Waals surface area (Å²) in [6.07, 6.45) is 17.0. The van der Waals surface area contributed by atoms with Crippen LogP contribution in [0.3, 0.4) is 0 Å². The molecule has 4 rings (SSSR count). The third-order valence-corrected chi connectivity index (χ3v) is 9.41. The molecule has 2 saturated carbocycles. The summed E-state index contributed by atoms with van der Waals surface area (Å²) in [6, 6.07) is 3.87. The van der Waals surface area contributed by atoms with Crippen molar-refractivity contribution >= 4 is 0 Å². The van der Waals surface area contributed by atoms with Crippen LogP contribution in [-0.4, -0.2) is 18.8 Å². The van der Waals surface area contributed by atoms with E-state index >= 15 is 0 Å². The molecule has 1 heterocycles. The van der Waals surface area contributed by atoms with Crippen molar-refractivity contribution in [2.75, 3.05) is 6.61 Å². The van der Waals surface area contributed by atoms with Crippen molar-refractivity contribution in [3.63, 3.8) is 0 Å². The first-order valence-corrected chi connectivity index (χ1v) is 14.1. The van der Waals surface area contributed by atoms with Gasteiger partial charge in [0.1, 0.15) is 0 Å². The van der Waals surface area contributed by atoms with Gasteiger partial charge in [-0.15, -0.1) is 0 Å². The van der Waals surface area contributed by atoms with Gasteiger partial charge in [0.2, 0.25) is 0 Å². The highest BCUT2D eigenvalue weighted by atomic mass is 19.1. The van der Waals surface area contributed by atoms with E-state index in [9.17, 15) is 4.39 Å². The number of halogens is 1. The molecule has 3 fully saturated rings. The quantitative estimate of drug-likeness (QED) is 0.407. The van der Waals surface area contributed by atoms with E-state index < -0.39 is 0 Å². The molecule has 3 heteroatoms. The minimum Gasteiger partial charge on any atom is -0.491 e. The van der Waals surface area contributed by atoms with Gasteiger partial charge >= 0.3 is 0 Å². The zero-order chi connectivity index (χ0) is 23.4. The minimum atomic E-state index is -0.203. The molecule has 33 heavy (non-hydrogen) atoms. The van der Waals surface area contributed by atoms with E-state index in [1.165, 1.54) is 64.2 Å². The summed E-state index contributed by atoms with van der Waals surface area (Å²) in [4.78, 5) is 0. The number of hydrogen-bond acceptors (Lipinski definition) is 2. The largest absolute Gasteiger partial charge is 0.491 e. The van der Waals surface area contributed by atoms with Crippen molar-refractivity contribution in [2.24, 2.45) is 23.7 Å². The second kappa shape index (κ2) is 11.6. The molecule has 1 saturated heterocycles. The van der Waals surface area contributed by atoms with Crippen molar-refractivity contribution in [1.82, 2.24) is 0 Å². The van der Waals surface area contributed by atoms with Gasteiger partial charge in [0.25, 0.3) is 0 Å². The molecule has 3 atom stereocenters. The fourth-order valence-corrected chi connectivity index (χ4v) is 7.46. The Labute approximate surface area is 202 Å². The van der Waals surface area contributed by atoms with Gasteiger partial charge in [-0.2, -0.15) is 0 Å². The Morgan fingerprint density at radius 1 is 0.879 bits per heavy atom. The maximum atomic E-state index is 14.8. The van der Waals surface area contributed by atoms with E-state index in [1.54, 1.807) is 6.07 Å². The highest BCUT2D eigenvalue weighted by Crippen LogP contribution is 2.46. The van der Waals surface area contributed by atoms with E-state index in [0.717, 1.165) is 47.6 Å². The summed E-state index contributed by atoms with van der Waals surface area (Å²) in [7, 11) is 0. The predicted octanol–water partition coefficient (Wildman–Crippen LogP) is 8.60. The lowest BCUT2D eigenvalue weighted by molar-refractivity contribution is -0.0905. The van der Waals surface area contributed by atoms with E-state index in [-0.39, 0.29) is 17.8 Å². The van der Waals surface area contributed by atoms with E-state index in [2.05, 4.69) is 19.9 Å². The van der Waals surface area contributed by atoms with E-state index in [0.29, 0.717) is 18.5 Å². The average molecular weight is 459 g/mol. The van der Waals surface area contributed by atoms with E-state index in [1.807, 2.05) is 13.8 Å². The third-order valence-electron chi connectivity index (χ3n) is 9.41. The summed E-state index contributed by atoms with van der Waals surface area (Å²) in [5, 5.41) is 0. The Morgan fingerprint density at radius 2 is 1.52 bits per heavy atom. The predicted molar refractivity (Wildman–Crippen MR) is 134 cm³/mol. The Balaban J connectivity index is 1.27. The topological polar surface area (TPSA) is 18.5 Å². The Kier molecular flexibility index (Phi) is 8.76. The fourth-order valence-electron chi connectivity index (χ4n) is 7.46. The Morgan fingerprint density at radius 3 is 2.12 bits per heavy atom. The molecule has 0 amide bonds. The molecule has 0 radical (unpaired) electrons. The molecule has 2 aliphatic carbocycles. The smallest absolute Gasteiger partial charge is 0.168 e. The lowest BCUT2D eigenvalue weighted by Crippen LogP contribution is -2.38. The van der Waals surface area contributed by atoms with Gasteiger partial charge in [0, 0.05) is 5.92 Å². The monoisotopic (exact) mass is 458 g/mol. The third kappa shape index (κ3) is 5.77. The van der Waals surface area contributed by atoms with Gasteiger partial charge in [0.05, 0.1) is 18.8 Å². The lowest BCUT2D eigenvalue weighted by Gasteiger charge is -2.43. The molecule has 186 valence electrons. The Bertz CT molecular complexity index is 746. The zero-order valence-corrected chi connectivity index (χ0v) is 21.6. The number of benzene rings is 1. The molecular formula is C30H47FO2. The van der Waals surface area contributed by atoms with Crippen LogP contribution in [0.1, 0.15) is 115 Å². The van der Waals surface area contributed by atoms with Crippen LogP contribution < -0.4 is 4.74 Å². The summed E-state index contributed by atoms with van der Waals surface area (Å²) in [5.74, 6) is 4.14. The highest BCUT2D eigenvalue weighted by molar-refractivity contribution is 5.39. The van der Waals surface area contributed by atoms with Gasteiger partial charge in [-0.25, -0.2) is 4.39 Å². The summed E-state index contributed by atoms with van der Waals surface area (Å²) in [5.41, 5.74) is 1.83. The van der Waals surface area contributed by atoms with Crippen LogP contribution in [0.2, 0.25) is 0 Å². The van der Waals surface area contributed by atoms with Gasteiger partial charge in [-0.3, -0.25) is 0 Å². The normalized spacial score (nSPS) is 35.4. The highest BCUT2D eigenvalue weighted by Gasteiger charge is 2.38. The average Bonchev–Trinajstić information content (AvgIpc) is 2.83. The van der Waals surface area contributed by atoms with Crippen molar-refractivity contribution in [3.8, 4) is 5.75 Å². The van der Waals surface area contributed by atoms with Crippen LogP contribution in [0.25, 0.3) is 0 Å². The molecule has 0 bridgehead atoms. The van der Waals surface area contributed by atoms with Crippen LogP contribution in [0.5, 0.6) is 5.75 Å². The number of rotatable bonds is 7. The molecule has 1 aliphatic heterocycles. The molecular weight excluding hydrogens is 411 g/mol. The maximum absolute atomic E-state index is 14.8. The summed E-state index contributed by atoms with van der Waals surface area (Å²) >= 11 is 0. The molecule has 2 nitrogen and oxygen atoms in total. The minimum absolute atomic E-state index is 0.145. The van der Waals surface area contributed by atoms with E-state index in [4.69, 9.17) is 9.47 Å². The van der Waals surface area contributed by atoms with Crippen molar-refractivity contribution < 1.29 is 13.9 Å². The van der Waals surface area contributed by atoms with Crippen LogP contribution >= 0.6 is 0 Å². The zero-order valence-electron chi connectivity index (χ0n) is 21.6. The first kappa shape index (κ1) is 25.0. The van der Waals surface area contributed by atoms with Gasteiger partial charge in [0.15, 0.2) is 11.6 Å². The first-order valence-electron chi connectivity index (χ1n) is 14.1. The summed E-state index contributed by atoms with van der Waals surface area (Å²) < 4.78 is 26.9. The number of hydrogen-bond donors (Lipinski definition) is 0. The van der Waals surface area contributed by atoms with Crippen molar-refractivity contribution in [2.45, 2.75) is 123 Å². The van der Waals surface area contributed by atoms with Crippen LogP contribution in [0.4, 0.5) is 4.39 Å². The molecule has 0 N–H and O–H groups in total. The second-order valence-corrected chi connectivity index (χ2v) is 11.3. The standard InChI is InChI=1S/C30H47FO2/c1-5-7-22-8-10-23(11-9-22)24-12-14-25(15-13-24)28-18-17-27(21(4)33-28)26-16-19-29(32-6-2)30(31)20(26)3/h16,19,21-25,27-28H,5-15,17-18H2,1-4H3. The van der Waals surface area contributed by atoms with Crippen LogP contribution in [0.15, 0.2) is 12.1 Å². The van der Waals surface area contributed by atoms with Crippen molar-refractivity contribution in [1.29, 1.82) is 0 Å². The van der Waals surface area contributed by atoms with Crippen LogP contribution in [-0.2, 0) is 4.74 Å². The van der Waals surface area contributed by atoms with Gasteiger partial charge < -0.3 is 9.47 Å². The number of ether oxygens (including phenoxy) is 2. The molecule has 1 aromatic rings.